The number of amides is 1. The van der Waals surface area contributed by atoms with Crippen LogP contribution in [0.1, 0.15) is 59.1 Å². The summed E-state index contributed by atoms with van der Waals surface area (Å²) in [6, 6.07) is 4.81. The highest BCUT2D eigenvalue weighted by Crippen LogP contribution is 2.39. The number of thioether (sulfide) groups is 1. The van der Waals surface area contributed by atoms with Crippen LogP contribution in [0.3, 0.4) is 0 Å². The molecule has 1 amide bonds. The van der Waals surface area contributed by atoms with Crippen molar-refractivity contribution in [2.24, 2.45) is 0 Å². The molecule has 1 aromatic carbocycles. The van der Waals surface area contributed by atoms with Gasteiger partial charge in [-0.05, 0) is 51.8 Å². The van der Waals surface area contributed by atoms with E-state index in [9.17, 15) is 9.59 Å². The van der Waals surface area contributed by atoms with Gasteiger partial charge in [0.2, 0.25) is 11.1 Å². The summed E-state index contributed by atoms with van der Waals surface area (Å²) in [5.41, 5.74) is 1.84. The zero-order valence-electron chi connectivity index (χ0n) is 22.5. The van der Waals surface area contributed by atoms with E-state index >= 15 is 0 Å². The minimum absolute atomic E-state index is 0.0939. The average molecular weight is 532 g/mol. The van der Waals surface area contributed by atoms with Gasteiger partial charge >= 0.3 is 5.97 Å². The maximum atomic E-state index is 13.1. The fourth-order valence-electron chi connectivity index (χ4n) is 4.06. The van der Waals surface area contributed by atoms with Crippen molar-refractivity contribution in [1.82, 2.24) is 19.7 Å². The van der Waals surface area contributed by atoms with Gasteiger partial charge in [0, 0.05) is 24.5 Å². The highest BCUT2D eigenvalue weighted by Gasteiger charge is 2.35. The Labute approximate surface area is 222 Å². The van der Waals surface area contributed by atoms with Gasteiger partial charge < -0.3 is 24.4 Å². The Morgan fingerprint density at radius 3 is 2.57 bits per heavy atom. The number of anilines is 1. The van der Waals surface area contributed by atoms with Crippen LogP contribution in [0.4, 0.5) is 5.95 Å². The highest BCUT2D eigenvalue weighted by atomic mass is 32.2. The molecule has 0 spiro atoms. The second-order valence-corrected chi connectivity index (χ2v) is 9.48. The van der Waals surface area contributed by atoms with Crippen molar-refractivity contribution in [2.45, 2.75) is 58.7 Å². The highest BCUT2D eigenvalue weighted by molar-refractivity contribution is 7.99. The van der Waals surface area contributed by atoms with Crippen LogP contribution in [0.5, 0.6) is 11.5 Å². The minimum atomic E-state index is -0.580. The Balaban J connectivity index is 1.98. The molecule has 37 heavy (non-hydrogen) atoms. The van der Waals surface area contributed by atoms with Gasteiger partial charge in [-0.2, -0.15) is 4.98 Å². The Bertz CT molecular complexity index is 1130. The lowest BCUT2D eigenvalue weighted by atomic mass is 9.95. The number of nitrogens with zero attached hydrogens (tertiary/aromatic N) is 4. The third-order valence-corrected chi connectivity index (χ3v) is 6.95. The molecule has 2 heterocycles. The number of hydrogen-bond donors (Lipinski definition) is 1. The van der Waals surface area contributed by atoms with Crippen LogP contribution in [-0.2, 0) is 14.3 Å². The summed E-state index contributed by atoms with van der Waals surface area (Å²) >= 11 is 1.58. The van der Waals surface area contributed by atoms with Gasteiger partial charge in [0.05, 0.1) is 19.3 Å². The summed E-state index contributed by atoms with van der Waals surface area (Å²) in [6.45, 7) is 11.0. The van der Waals surface area contributed by atoms with E-state index in [0.717, 1.165) is 24.2 Å². The smallest absolute Gasteiger partial charge is 0.338 e. The van der Waals surface area contributed by atoms with E-state index in [2.05, 4.69) is 17.2 Å². The third-order valence-electron chi connectivity index (χ3n) is 6.03. The molecule has 202 valence electrons. The van der Waals surface area contributed by atoms with Crippen molar-refractivity contribution in [1.29, 1.82) is 0 Å². The number of nitrogens with one attached hydrogen (secondary N) is 1. The largest absolute Gasteiger partial charge is 0.493 e. The van der Waals surface area contributed by atoms with Crippen molar-refractivity contribution in [2.75, 3.05) is 44.5 Å². The van der Waals surface area contributed by atoms with Crippen LogP contribution in [0.2, 0.25) is 0 Å². The number of carbonyl (C=O) groups is 2. The molecule has 0 radical (unpaired) electrons. The van der Waals surface area contributed by atoms with E-state index in [1.165, 1.54) is 7.11 Å². The van der Waals surface area contributed by atoms with Crippen molar-refractivity contribution >= 4 is 29.6 Å². The molecule has 0 saturated heterocycles. The van der Waals surface area contributed by atoms with Gasteiger partial charge in [-0.1, -0.05) is 31.2 Å². The number of benzene rings is 1. The van der Waals surface area contributed by atoms with E-state index in [1.807, 2.05) is 26.8 Å². The summed E-state index contributed by atoms with van der Waals surface area (Å²) in [6.07, 6.45) is 2.15. The van der Waals surface area contributed by atoms with Crippen LogP contribution in [0.15, 0.2) is 34.6 Å². The van der Waals surface area contributed by atoms with Crippen molar-refractivity contribution < 1.29 is 23.8 Å². The molecule has 1 aliphatic rings. The van der Waals surface area contributed by atoms with Crippen molar-refractivity contribution in [3.05, 3.63) is 35.0 Å². The topological polar surface area (TPSA) is 108 Å². The normalized spacial score (nSPS) is 14.6. The third kappa shape index (κ3) is 6.57. The Morgan fingerprint density at radius 1 is 1.16 bits per heavy atom. The number of allylic oxidation sites excluding steroid dienone is 1. The number of hydrogen-bond acceptors (Lipinski definition) is 9. The molecule has 11 heteroatoms. The molecule has 1 unspecified atom stereocenters. The summed E-state index contributed by atoms with van der Waals surface area (Å²) < 4.78 is 18.5. The van der Waals surface area contributed by atoms with Crippen LogP contribution in [0.25, 0.3) is 0 Å². The van der Waals surface area contributed by atoms with E-state index in [-0.39, 0.29) is 19.1 Å². The molecule has 1 atom stereocenters. The lowest BCUT2D eigenvalue weighted by molar-refractivity contribution is -0.139. The lowest BCUT2D eigenvalue weighted by Gasteiger charge is -2.28. The minimum Gasteiger partial charge on any atom is -0.493 e. The summed E-state index contributed by atoms with van der Waals surface area (Å²) in [5, 5.41) is 8.58. The van der Waals surface area contributed by atoms with Crippen LogP contribution in [-0.4, -0.2) is 70.7 Å². The van der Waals surface area contributed by atoms with Gasteiger partial charge in [0.15, 0.2) is 18.1 Å². The molecule has 10 nitrogen and oxygen atoms in total. The predicted octanol–water partition coefficient (Wildman–Crippen LogP) is 4.28. The Kier molecular flexibility index (Phi) is 10.2. The summed E-state index contributed by atoms with van der Waals surface area (Å²) in [7, 11) is 1.54. The molecule has 0 bridgehead atoms. The molecule has 0 saturated carbocycles. The van der Waals surface area contributed by atoms with E-state index in [1.54, 1.807) is 40.4 Å². The number of fused-ring (bicyclic) bond motifs is 1. The van der Waals surface area contributed by atoms with Gasteiger partial charge in [0.1, 0.15) is 6.04 Å². The van der Waals surface area contributed by atoms with Gasteiger partial charge in [-0.25, -0.2) is 9.48 Å². The molecule has 0 aliphatic carbocycles. The first-order chi connectivity index (χ1) is 17.9. The first-order valence-electron chi connectivity index (χ1n) is 12.7. The predicted molar refractivity (Wildman–Crippen MR) is 143 cm³/mol. The van der Waals surface area contributed by atoms with E-state index in [4.69, 9.17) is 19.3 Å². The number of carbonyl (C=O) groups excluding carboxylic acids is 2. The number of ether oxygens (including phenoxy) is 3. The average Bonchev–Trinajstić information content (AvgIpc) is 3.29. The van der Waals surface area contributed by atoms with Crippen LogP contribution in [0, 0.1) is 0 Å². The summed E-state index contributed by atoms with van der Waals surface area (Å²) in [5.74, 6) is 1.82. The number of rotatable bonds is 13. The maximum absolute atomic E-state index is 13.1. The number of esters is 1. The zero-order valence-corrected chi connectivity index (χ0v) is 23.3. The van der Waals surface area contributed by atoms with Gasteiger partial charge in [-0.15, -0.1) is 5.10 Å². The monoisotopic (exact) mass is 531 g/mol. The van der Waals surface area contributed by atoms with E-state index in [0.29, 0.717) is 47.0 Å². The van der Waals surface area contributed by atoms with Crippen molar-refractivity contribution in [3.63, 3.8) is 0 Å². The second-order valence-electron chi connectivity index (χ2n) is 8.42. The zero-order chi connectivity index (χ0) is 26.9. The van der Waals surface area contributed by atoms with E-state index < -0.39 is 12.0 Å². The number of unbranched alkanes of at least 4 members (excludes halogenated alkanes) is 1. The maximum Gasteiger partial charge on any atom is 0.338 e. The fraction of sp³-hybridized carbons (Fsp3) is 0.538. The molecule has 1 N–H and O–H groups in total. The quantitative estimate of drug-likeness (QED) is 0.230. The standard InChI is InChI=1S/C26H37N5O5S/c1-7-11-14-37-26-28-25-27-17(5)22(24(33)35-10-4)23(31(25)29-26)18-12-13-19(20(15-18)34-6)36-16-21(32)30(8-2)9-3/h12-13,15,23H,7-11,14,16H2,1-6H3,(H,27,28,29). The number of methoxy groups -OCH3 is 1. The number of likely N-dealkylation sites (N-methyl/N-ethyl adjacent to an activating group) is 1. The fourth-order valence-corrected chi connectivity index (χ4v) is 4.97. The Morgan fingerprint density at radius 2 is 1.92 bits per heavy atom. The summed E-state index contributed by atoms with van der Waals surface area (Å²) in [4.78, 5) is 31.8. The molecule has 3 rings (SSSR count). The molecule has 1 aromatic heterocycles. The first kappa shape index (κ1) is 28.4. The molecule has 2 aromatic rings. The SMILES string of the molecule is CCCCSc1nc2n(n1)C(c1ccc(OCC(=O)N(CC)CC)c(OC)c1)C(C(=O)OCC)=C(C)N2. The first-order valence-corrected chi connectivity index (χ1v) is 13.7. The molecule has 1 aliphatic heterocycles. The second kappa shape index (κ2) is 13.4. The van der Waals surface area contributed by atoms with Crippen LogP contribution >= 0.6 is 11.8 Å². The van der Waals surface area contributed by atoms with Crippen molar-refractivity contribution in [3.8, 4) is 11.5 Å². The number of aromatic nitrogens is 3. The van der Waals surface area contributed by atoms with Crippen LogP contribution < -0.4 is 14.8 Å². The lowest BCUT2D eigenvalue weighted by Crippen LogP contribution is -2.34. The molecular weight excluding hydrogens is 494 g/mol. The van der Waals surface area contributed by atoms with Gasteiger partial charge in [-0.3, -0.25) is 4.79 Å². The molecular formula is C26H37N5O5S. The Hall–Kier alpha value is -3.21. The van der Waals surface area contributed by atoms with Gasteiger partial charge in [0.25, 0.3) is 5.91 Å². The molecule has 0 fully saturated rings.